The standard InChI is InChI=1S/C29H36BrN3O5/c1-5-8-19-13-23-28(24(34)14-19)27(21(17-31)18(3)33-23)20-15-22(30)29(25(16-20)37-6-2)38-11-7-9-26(35)32-10-12-36-4/h7,9,15-16,19,21,27H,5-6,8,10-14H2,1-4H3,(H,32,35). The summed E-state index contributed by atoms with van der Waals surface area (Å²) in [5.41, 5.74) is 3.00. The van der Waals surface area contributed by atoms with Gasteiger partial charge >= 0.3 is 0 Å². The van der Waals surface area contributed by atoms with Crippen molar-refractivity contribution in [3.63, 3.8) is 0 Å². The van der Waals surface area contributed by atoms with Crippen LogP contribution in [0, 0.1) is 23.2 Å². The van der Waals surface area contributed by atoms with E-state index in [2.05, 4.69) is 34.2 Å². The molecule has 8 nitrogen and oxygen atoms in total. The molecular weight excluding hydrogens is 550 g/mol. The highest BCUT2D eigenvalue weighted by Crippen LogP contribution is 2.48. The van der Waals surface area contributed by atoms with Crippen LogP contribution in [0.2, 0.25) is 0 Å². The molecule has 3 unspecified atom stereocenters. The Labute approximate surface area is 233 Å². The van der Waals surface area contributed by atoms with Crippen molar-refractivity contribution in [3.8, 4) is 17.6 Å². The number of benzene rings is 1. The Morgan fingerprint density at radius 1 is 1.29 bits per heavy atom. The number of amides is 1. The Kier molecular flexibility index (Phi) is 11.1. The second-order valence-electron chi connectivity index (χ2n) is 9.44. The Bertz CT molecular complexity index is 1170. The van der Waals surface area contributed by atoms with Crippen LogP contribution in [0.25, 0.3) is 0 Å². The lowest BCUT2D eigenvalue weighted by atomic mass is 9.70. The number of nitrogens with one attached hydrogen (secondary N) is 1. The number of nitrogens with zero attached hydrogens (tertiary/aromatic N) is 2. The van der Waals surface area contributed by atoms with Crippen LogP contribution in [0.15, 0.2) is 45.0 Å². The minimum atomic E-state index is -0.548. The van der Waals surface area contributed by atoms with Gasteiger partial charge in [-0.1, -0.05) is 13.3 Å². The molecule has 1 aromatic carbocycles. The predicted octanol–water partition coefficient (Wildman–Crippen LogP) is 5.28. The average Bonchev–Trinajstić information content (AvgIpc) is 2.87. The van der Waals surface area contributed by atoms with E-state index < -0.39 is 11.8 Å². The first-order valence-electron chi connectivity index (χ1n) is 13.1. The number of ketones is 1. The van der Waals surface area contributed by atoms with E-state index in [0.29, 0.717) is 53.6 Å². The number of aliphatic imine (C=N–C) groups is 1. The van der Waals surface area contributed by atoms with Crippen molar-refractivity contribution >= 4 is 33.3 Å². The van der Waals surface area contributed by atoms with E-state index in [0.717, 1.165) is 36.2 Å². The van der Waals surface area contributed by atoms with E-state index in [-0.39, 0.29) is 18.3 Å². The lowest BCUT2D eigenvalue weighted by Crippen LogP contribution is -2.32. The molecule has 1 aliphatic heterocycles. The van der Waals surface area contributed by atoms with Crippen LogP contribution in [0.3, 0.4) is 0 Å². The Morgan fingerprint density at radius 3 is 2.76 bits per heavy atom. The number of allylic oxidation sites excluding steroid dienone is 2. The van der Waals surface area contributed by atoms with Crippen LogP contribution >= 0.6 is 15.9 Å². The van der Waals surface area contributed by atoms with E-state index in [1.54, 1.807) is 13.2 Å². The second kappa shape index (κ2) is 14.3. The number of carbonyl (C=O) groups is 2. The molecule has 0 fully saturated rings. The van der Waals surface area contributed by atoms with Crippen molar-refractivity contribution in [2.45, 2.75) is 52.4 Å². The quantitative estimate of drug-likeness (QED) is 0.264. The number of carbonyl (C=O) groups excluding carboxylic acids is 2. The maximum Gasteiger partial charge on any atom is 0.243 e. The first-order valence-corrected chi connectivity index (χ1v) is 13.9. The molecule has 3 rings (SSSR count). The van der Waals surface area contributed by atoms with Gasteiger partial charge in [-0.25, -0.2) is 0 Å². The molecule has 0 radical (unpaired) electrons. The van der Waals surface area contributed by atoms with Crippen LogP contribution in [0.5, 0.6) is 11.5 Å². The molecule has 1 aromatic rings. The first kappa shape index (κ1) is 29.6. The molecule has 204 valence electrons. The average molecular weight is 587 g/mol. The molecule has 0 saturated carbocycles. The van der Waals surface area contributed by atoms with Crippen LogP contribution < -0.4 is 14.8 Å². The van der Waals surface area contributed by atoms with Crippen molar-refractivity contribution in [3.05, 3.63) is 45.6 Å². The fourth-order valence-electron chi connectivity index (χ4n) is 5.07. The summed E-state index contributed by atoms with van der Waals surface area (Å²) in [6.07, 6.45) is 6.28. The number of hydrogen-bond donors (Lipinski definition) is 1. The van der Waals surface area contributed by atoms with Gasteiger partial charge in [-0.3, -0.25) is 14.6 Å². The summed E-state index contributed by atoms with van der Waals surface area (Å²) < 4.78 is 17.4. The van der Waals surface area contributed by atoms with Crippen molar-refractivity contribution in [2.24, 2.45) is 16.8 Å². The van der Waals surface area contributed by atoms with Gasteiger partial charge in [-0.05, 0) is 72.3 Å². The molecule has 0 spiro atoms. The number of nitriles is 1. The molecule has 2 aliphatic rings. The second-order valence-corrected chi connectivity index (χ2v) is 10.3. The summed E-state index contributed by atoms with van der Waals surface area (Å²) in [6.45, 7) is 7.30. The van der Waals surface area contributed by atoms with Gasteiger partial charge in [-0.2, -0.15) is 5.26 Å². The van der Waals surface area contributed by atoms with Gasteiger partial charge in [0, 0.05) is 49.1 Å². The first-order chi connectivity index (χ1) is 18.3. The summed E-state index contributed by atoms with van der Waals surface area (Å²) in [5, 5.41) is 12.8. The summed E-state index contributed by atoms with van der Waals surface area (Å²) in [4.78, 5) is 30.0. The number of methoxy groups -OCH3 is 1. The van der Waals surface area contributed by atoms with E-state index in [1.165, 1.54) is 6.08 Å². The maximum atomic E-state index is 13.4. The number of halogens is 1. The third kappa shape index (κ3) is 7.12. The maximum absolute atomic E-state index is 13.4. The van der Waals surface area contributed by atoms with Gasteiger partial charge < -0.3 is 19.5 Å². The van der Waals surface area contributed by atoms with E-state index >= 15 is 0 Å². The molecule has 1 amide bonds. The molecule has 1 N–H and O–H groups in total. The van der Waals surface area contributed by atoms with Crippen molar-refractivity contribution in [1.82, 2.24) is 5.32 Å². The molecule has 9 heteroatoms. The van der Waals surface area contributed by atoms with Crippen molar-refractivity contribution in [2.75, 3.05) is 33.5 Å². The summed E-state index contributed by atoms with van der Waals surface area (Å²) >= 11 is 3.61. The minimum absolute atomic E-state index is 0.0783. The number of hydrogen-bond acceptors (Lipinski definition) is 7. The zero-order valence-corrected chi connectivity index (χ0v) is 24.1. The van der Waals surface area contributed by atoms with Crippen molar-refractivity contribution in [1.29, 1.82) is 5.26 Å². The summed E-state index contributed by atoms with van der Waals surface area (Å²) in [6, 6.07) is 6.14. The van der Waals surface area contributed by atoms with Gasteiger partial charge in [-0.15, -0.1) is 0 Å². The summed E-state index contributed by atoms with van der Waals surface area (Å²) in [5.74, 6) is 0.149. The fourth-order valence-corrected chi connectivity index (χ4v) is 5.64. The largest absolute Gasteiger partial charge is 0.490 e. The van der Waals surface area contributed by atoms with E-state index in [4.69, 9.17) is 19.2 Å². The highest BCUT2D eigenvalue weighted by molar-refractivity contribution is 9.10. The highest BCUT2D eigenvalue weighted by atomic mass is 79.9. The monoisotopic (exact) mass is 585 g/mol. The third-order valence-electron chi connectivity index (χ3n) is 6.70. The molecule has 0 saturated heterocycles. The Balaban J connectivity index is 1.90. The Morgan fingerprint density at radius 2 is 2.08 bits per heavy atom. The number of ether oxygens (including phenoxy) is 3. The number of rotatable bonds is 12. The normalized spacial score (nSPS) is 21.1. The van der Waals surface area contributed by atoms with E-state index in [9.17, 15) is 14.9 Å². The summed E-state index contributed by atoms with van der Waals surface area (Å²) in [7, 11) is 1.57. The molecule has 38 heavy (non-hydrogen) atoms. The van der Waals surface area contributed by atoms with Crippen LogP contribution in [0.4, 0.5) is 0 Å². The molecular formula is C29H36BrN3O5. The Hall–Kier alpha value is -2.96. The molecule has 1 heterocycles. The minimum Gasteiger partial charge on any atom is -0.490 e. The van der Waals surface area contributed by atoms with Crippen molar-refractivity contribution < 1.29 is 23.8 Å². The van der Waals surface area contributed by atoms with Gasteiger partial charge in [0.15, 0.2) is 17.3 Å². The molecule has 3 atom stereocenters. The predicted molar refractivity (Wildman–Crippen MR) is 149 cm³/mol. The van der Waals surface area contributed by atoms with Gasteiger partial charge in [0.25, 0.3) is 0 Å². The van der Waals surface area contributed by atoms with E-state index in [1.807, 2.05) is 26.0 Å². The van der Waals surface area contributed by atoms with Gasteiger partial charge in [0.1, 0.15) is 6.61 Å². The number of Topliss-reactive ketones (excluding diaryl/α,β-unsaturated/α-hetero) is 1. The van der Waals surface area contributed by atoms with Gasteiger partial charge in [0.2, 0.25) is 5.91 Å². The topological polar surface area (TPSA) is 110 Å². The molecule has 0 aromatic heterocycles. The zero-order valence-electron chi connectivity index (χ0n) is 22.5. The third-order valence-corrected chi connectivity index (χ3v) is 7.29. The SMILES string of the molecule is CCCC1CC(=O)C2=C(C1)N=C(C)C(C#N)C2c1cc(Br)c(OCC=CC(=O)NCCOC)c(OCC)c1. The van der Waals surface area contributed by atoms with Crippen LogP contribution in [-0.2, 0) is 14.3 Å². The molecule has 0 bridgehead atoms. The lowest BCUT2D eigenvalue weighted by molar-refractivity contribution is -0.118. The lowest BCUT2D eigenvalue weighted by Gasteiger charge is -2.35. The molecule has 1 aliphatic carbocycles. The highest BCUT2D eigenvalue weighted by Gasteiger charge is 2.41. The van der Waals surface area contributed by atoms with Crippen LogP contribution in [-0.4, -0.2) is 50.9 Å². The zero-order chi connectivity index (χ0) is 27.7. The fraction of sp³-hybridized carbons (Fsp3) is 0.517. The van der Waals surface area contributed by atoms with Crippen LogP contribution in [0.1, 0.15) is 57.9 Å². The smallest absolute Gasteiger partial charge is 0.243 e. The van der Waals surface area contributed by atoms with Gasteiger partial charge in [0.05, 0.1) is 29.7 Å².